The topological polar surface area (TPSA) is 74.6 Å². The lowest BCUT2D eigenvalue weighted by Crippen LogP contribution is -1.93. The predicted octanol–water partition coefficient (Wildman–Crippen LogP) is 2.75. The summed E-state index contributed by atoms with van der Waals surface area (Å²) >= 11 is 15.4. The van der Waals surface area contributed by atoms with Crippen LogP contribution in [0, 0.1) is 0 Å². The molecule has 0 aromatic carbocycles. The Hall–Kier alpha value is 0.340. The summed E-state index contributed by atoms with van der Waals surface area (Å²) in [6, 6.07) is 0. The smallest absolute Gasteiger partial charge is 0.304 e. The van der Waals surface area contributed by atoms with Crippen LogP contribution in [0.15, 0.2) is 0 Å². The molecule has 0 spiro atoms. The maximum absolute atomic E-state index is 9.55. The first-order chi connectivity index (χ1) is 8.31. The van der Waals surface area contributed by atoms with E-state index in [9.17, 15) is 9.59 Å². The minimum absolute atomic E-state index is 0.156. The molecular formula is C10H22O4S4. The van der Waals surface area contributed by atoms with Crippen molar-refractivity contribution in [2.75, 3.05) is 11.5 Å². The molecule has 8 heteroatoms. The standard InChI is InChI=1S/C4H10S2.2C3H6O2S/c1-2-3-4(5)6;2*4-3(5)1-2-6/h4-6H,2-3H2,1H3;2*6H,1-2H2,(H,4,5). The number of carboxylic acids is 2. The van der Waals surface area contributed by atoms with E-state index in [1.165, 1.54) is 6.42 Å². The van der Waals surface area contributed by atoms with E-state index in [1.54, 1.807) is 0 Å². The molecule has 0 aliphatic rings. The first-order valence-electron chi connectivity index (χ1n) is 5.33. The van der Waals surface area contributed by atoms with Crippen LogP contribution in [0.4, 0.5) is 0 Å². The van der Waals surface area contributed by atoms with Gasteiger partial charge in [0.05, 0.1) is 12.8 Å². The van der Waals surface area contributed by atoms with Gasteiger partial charge >= 0.3 is 11.9 Å². The number of rotatable bonds is 6. The van der Waals surface area contributed by atoms with E-state index in [2.05, 4.69) is 57.4 Å². The maximum Gasteiger partial charge on any atom is 0.304 e. The third kappa shape index (κ3) is 44.1. The van der Waals surface area contributed by atoms with Gasteiger partial charge in [-0.2, -0.15) is 50.5 Å². The summed E-state index contributed by atoms with van der Waals surface area (Å²) in [4.78, 5) is 19.1. The summed E-state index contributed by atoms with van der Waals surface area (Å²) in [7, 11) is 0. The zero-order valence-corrected chi connectivity index (χ0v) is 13.9. The Morgan fingerprint density at radius 3 is 1.33 bits per heavy atom. The summed E-state index contributed by atoms with van der Waals surface area (Å²) in [6.07, 6.45) is 2.59. The number of hydrogen-bond acceptors (Lipinski definition) is 6. The van der Waals surface area contributed by atoms with Crippen LogP contribution in [0.5, 0.6) is 0 Å². The van der Waals surface area contributed by atoms with E-state index in [0.29, 0.717) is 11.5 Å². The van der Waals surface area contributed by atoms with Gasteiger partial charge in [-0.25, -0.2) is 0 Å². The first kappa shape index (κ1) is 23.4. The Bertz CT molecular complexity index is 184. The minimum Gasteiger partial charge on any atom is -0.481 e. The number of hydrogen-bond donors (Lipinski definition) is 6. The van der Waals surface area contributed by atoms with Crippen molar-refractivity contribution in [1.82, 2.24) is 0 Å². The van der Waals surface area contributed by atoms with E-state index < -0.39 is 11.9 Å². The molecule has 18 heavy (non-hydrogen) atoms. The number of thiol groups is 4. The molecule has 0 aliphatic heterocycles. The van der Waals surface area contributed by atoms with Gasteiger partial charge < -0.3 is 10.2 Å². The Balaban J connectivity index is -0.000000187. The molecule has 0 fully saturated rings. The van der Waals surface area contributed by atoms with Crippen LogP contribution in [0.25, 0.3) is 0 Å². The van der Waals surface area contributed by atoms with Crippen LogP contribution < -0.4 is 0 Å². The van der Waals surface area contributed by atoms with Gasteiger partial charge in [-0.15, -0.1) is 0 Å². The fraction of sp³-hybridized carbons (Fsp3) is 0.800. The van der Waals surface area contributed by atoms with Gasteiger partial charge in [0.15, 0.2) is 0 Å². The highest BCUT2D eigenvalue weighted by atomic mass is 32.2. The van der Waals surface area contributed by atoms with Crippen molar-refractivity contribution in [1.29, 1.82) is 0 Å². The van der Waals surface area contributed by atoms with Crippen LogP contribution in [-0.4, -0.2) is 38.2 Å². The second kappa shape index (κ2) is 19.7. The monoisotopic (exact) mass is 334 g/mol. The average Bonchev–Trinajstić information content (AvgIpc) is 2.18. The normalized spacial score (nSPS) is 8.78. The molecule has 2 N–H and O–H groups in total. The van der Waals surface area contributed by atoms with Crippen LogP contribution in [0.2, 0.25) is 0 Å². The van der Waals surface area contributed by atoms with Gasteiger partial charge in [0, 0.05) is 16.1 Å². The van der Waals surface area contributed by atoms with Crippen molar-refractivity contribution in [2.24, 2.45) is 0 Å². The summed E-state index contributed by atoms with van der Waals surface area (Å²) in [5, 5.41) is 15.7. The maximum atomic E-state index is 9.55. The third-order valence-electron chi connectivity index (χ3n) is 1.20. The summed E-state index contributed by atoms with van der Waals surface area (Å²) in [5.41, 5.74) is 0. The molecule has 0 unspecified atom stereocenters. The average molecular weight is 335 g/mol. The Kier molecular flexibility index (Phi) is 25.6. The van der Waals surface area contributed by atoms with Crippen LogP contribution in [0.1, 0.15) is 32.6 Å². The summed E-state index contributed by atoms with van der Waals surface area (Å²) < 4.78 is 0.287. The van der Waals surface area contributed by atoms with E-state index in [-0.39, 0.29) is 17.4 Å². The lowest BCUT2D eigenvalue weighted by Gasteiger charge is -1.94. The molecule has 0 rings (SSSR count). The Labute approximate surface area is 131 Å². The zero-order valence-electron chi connectivity index (χ0n) is 10.3. The molecule has 0 radical (unpaired) electrons. The molecular weight excluding hydrogens is 312 g/mol. The van der Waals surface area contributed by atoms with Gasteiger partial charge in [-0.1, -0.05) is 13.3 Å². The van der Waals surface area contributed by atoms with E-state index in [4.69, 9.17) is 10.2 Å². The predicted molar refractivity (Wildman–Crippen MR) is 88.9 cm³/mol. The summed E-state index contributed by atoms with van der Waals surface area (Å²) in [6.45, 7) is 2.12. The molecule has 0 heterocycles. The van der Waals surface area contributed by atoms with Crippen molar-refractivity contribution in [3.8, 4) is 0 Å². The lowest BCUT2D eigenvalue weighted by atomic mass is 10.4. The van der Waals surface area contributed by atoms with Gasteiger partial charge in [-0.05, 0) is 6.42 Å². The minimum atomic E-state index is -0.787. The van der Waals surface area contributed by atoms with Gasteiger partial charge in [0.2, 0.25) is 0 Å². The molecule has 0 aliphatic carbocycles. The SMILES string of the molecule is CCCC(S)S.O=C(O)CCS.O=C(O)CCS. The Morgan fingerprint density at radius 2 is 1.33 bits per heavy atom. The number of carboxylic acid groups (broad SMARTS) is 2. The zero-order chi connectivity index (χ0) is 15.0. The van der Waals surface area contributed by atoms with Crippen molar-refractivity contribution in [3.05, 3.63) is 0 Å². The highest BCUT2D eigenvalue weighted by Crippen LogP contribution is 2.06. The summed E-state index contributed by atoms with van der Waals surface area (Å²) in [5.74, 6) is -0.722. The van der Waals surface area contributed by atoms with Crippen LogP contribution in [-0.2, 0) is 9.59 Å². The van der Waals surface area contributed by atoms with E-state index in [0.717, 1.165) is 6.42 Å². The molecule has 0 bridgehead atoms. The lowest BCUT2D eigenvalue weighted by molar-refractivity contribution is -0.137. The number of aliphatic carboxylic acids is 2. The Morgan fingerprint density at radius 1 is 1.00 bits per heavy atom. The molecule has 0 saturated heterocycles. The third-order valence-corrected chi connectivity index (χ3v) is 2.16. The first-order valence-corrected chi connectivity index (χ1v) is 7.62. The van der Waals surface area contributed by atoms with Crippen molar-refractivity contribution in [2.45, 2.75) is 37.2 Å². The second-order valence-electron chi connectivity index (χ2n) is 3.00. The second-order valence-corrected chi connectivity index (χ2v) is 5.55. The molecule has 0 amide bonds. The van der Waals surface area contributed by atoms with Gasteiger partial charge in [-0.3, -0.25) is 9.59 Å². The van der Waals surface area contributed by atoms with Gasteiger partial charge in [0.1, 0.15) is 0 Å². The van der Waals surface area contributed by atoms with E-state index >= 15 is 0 Å². The molecule has 0 atom stereocenters. The van der Waals surface area contributed by atoms with Gasteiger partial charge in [0.25, 0.3) is 0 Å². The van der Waals surface area contributed by atoms with Crippen LogP contribution in [0.3, 0.4) is 0 Å². The largest absolute Gasteiger partial charge is 0.481 e. The van der Waals surface area contributed by atoms with Crippen molar-refractivity contribution >= 4 is 62.5 Å². The fourth-order valence-electron chi connectivity index (χ4n) is 0.449. The highest BCUT2D eigenvalue weighted by Gasteiger charge is 1.88. The molecule has 0 aromatic heterocycles. The number of carbonyl (C=O) groups is 2. The molecule has 0 saturated carbocycles. The van der Waals surface area contributed by atoms with Crippen LogP contribution >= 0.6 is 50.5 Å². The molecule has 4 nitrogen and oxygen atoms in total. The van der Waals surface area contributed by atoms with E-state index in [1.807, 2.05) is 0 Å². The van der Waals surface area contributed by atoms with Crippen molar-refractivity contribution in [3.63, 3.8) is 0 Å². The van der Waals surface area contributed by atoms with Crippen molar-refractivity contribution < 1.29 is 19.8 Å². The fourth-order valence-corrected chi connectivity index (χ4v) is 1.35. The molecule has 0 aromatic rings. The quantitative estimate of drug-likeness (QED) is 0.334. The molecule has 110 valence electrons. The highest BCUT2D eigenvalue weighted by molar-refractivity contribution is 7.99.